The number of benzene rings is 3. The van der Waals surface area contributed by atoms with Crippen LogP contribution in [0.3, 0.4) is 0 Å². The standard InChI is InChI=1S/C29H33ClN4O3S/c1-21-3-4-22(2)27(19-21)32-15-17-33(18-16-32)29(35)28-20-31-13-14-34(28)24-7-11-26(12-8-24)38(36,37)25-9-5-23(30)6-10-25/h3-12,19,28,31H,13-18,20H2,1-2H3. The molecule has 2 aliphatic rings. The number of aryl methyl sites for hydroxylation is 2. The molecule has 2 fully saturated rings. The van der Waals surface area contributed by atoms with Gasteiger partial charge in [-0.3, -0.25) is 4.79 Å². The van der Waals surface area contributed by atoms with Crippen molar-refractivity contribution < 1.29 is 13.2 Å². The largest absolute Gasteiger partial charge is 0.368 e. The van der Waals surface area contributed by atoms with E-state index in [0.717, 1.165) is 25.3 Å². The molecule has 1 N–H and O–H groups in total. The lowest BCUT2D eigenvalue weighted by molar-refractivity contribution is -0.133. The van der Waals surface area contributed by atoms with Gasteiger partial charge in [0.05, 0.1) is 9.79 Å². The number of carbonyl (C=O) groups is 1. The van der Waals surface area contributed by atoms with Gasteiger partial charge in [0.15, 0.2) is 0 Å². The molecule has 2 saturated heterocycles. The van der Waals surface area contributed by atoms with Gasteiger partial charge in [0.25, 0.3) is 0 Å². The van der Waals surface area contributed by atoms with E-state index in [2.05, 4.69) is 47.2 Å². The minimum Gasteiger partial charge on any atom is -0.368 e. The zero-order valence-corrected chi connectivity index (χ0v) is 23.3. The summed E-state index contributed by atoms with van der Waals surface area (Å²) in [6.45, 7) is 9.17. The third-order valence-electron chi connectivity index (χ3n) is 7.43. The van der Waals surface area contributed by atoms with Crippen molar-refractivity contribution in [1.82, 2.24) is 10.2 Å². The Hall–Kier alpha value is -3.07. The number of carbonyl (C=O) groups excluding carboxylic acids is 1. The summed E-state index contributed by atoms with van der Waals surface area (Å²) in [5, 5.41) is 3.84. The monoisotopic (exact) mass is 552 g/mol. The number of hydrogen-bond acceptors (Lipinski definition) is 6. The minimum atomic E-state index is -3.65. The third-order valence-corrected chi connectivity index (χ3v) is 9.47. The minimum absolute atomic E-state index is 0.107. The van der Waals surface area contributed by atoms with Crippen LogP contribution in [0.5, 0.6) is 0 Å². The summed E-state index contributed by atoms with van der Waals surface area (Å²) in [4.78, 5) is 20.5. The van der Waals surface area contributed by atoms with Gasteiger partial charge in [-0.05, 0) is 79.6 Å². The number of hydrogen-bond donors (Lipinski definition) is 1. The van der Waals surface area contributed by atoms with Gasteiger partial charge >= 0.3 is 0 Å². The molecule has 0 aromatic heterocycles. The van der Waals surface area contributed by atoms with Crippen molar-refractivity contribution in [3.8, 4) is 0 Å². The number of sulfone groups is 1. The Morgan fingerprint density at radius 2 is 1.50 bits per heavy atom. The summed E-state index contributed by atoms with van der Waals surface area (Å²) in [5.74, 6) is 0.107. The Labute approximate surface area is 229 Å². The lowest BCUT2D eigenvalue weighted by Crippen LogP contribution is -2.61. The number of piperazine rings is 2. The predicted octanol–water partition coefficient (Wildman–Crippen LogP) is 3.92. The van der Waals surface area contributed by atoms with E-state index >= 15 is 0 Å². The summed E-state index contributed by atoms with van der Waals surface area (Å²) < 4.78 is 26.1. The van der Waals surface area contributed by atoms with Crippen LogP contribution in [-0.4, -0.2) is 71.1 Å². The molecule has 38 heavy (non-hydrogen) atoms. The molecule has 200 valence electrons. The van der Waals surface area contributed by atoms with E-state index in [1.165, 1.54) is 28.9 Å². The SMILES string of the molecule is Cc1ccc(C)c(N2CCN(C(=O)C3CNCCN3c3ccc(S(=O)(=O)c4ccc(Cl)cc4)cc3)CC2)c1. The molecular formula is C29H33ClN4O3S. The van der Waals surface area contributed by atoms with Crippen LogP contribution in [0, 0.1) is 13.8 Å². The van der Waals surface area contributed by atoms with Crippen molar-refractivity contribution in [2.24, 2.45) is 0 Å². The maximum atomic E-state index is 13.7. The molecule has 3 aromatic carbocycles. The molecule has 5 rings (SSSR count). The van der Waals surface area contributed by atoms with Crippen molar-refractivity contribution in [2.45, 2.75) is 29.7 Å². The number of amides is 1. The number of anilines is 2. The average molecular weight is 553 g/mol. The summed E-state index contributed by atoms with van der Waals surface area (Å²) in [7, 11) is -3.65. The Morgan fingerprint density at radius 1 is 0.868 bits per heavy atom. The predicted molar refractivity (Wildman–Crippen MR) is 152 cm³/mol. The number of nitrogens with one attached hydrogen (secondary N) is 1. The first-order valence-electron chi connectivity index (χ1n) is 12.9. The lowest BCUT2D eigenvalue weighted by Gasteiger charge is -2.42. The Bertz CT molecular complexity index is 1400. The van der Waals surface area contributed by atoms with Crippen LogP contribution >= 0.6 is 11.6 Å². The fraction of sp³-hybridized carbons (Fsp3) is 0.345. The summed E-state index contributed by atoms with van der Waals surface area (Å²) in [6.07, 6.45) is 0. The van der Waals surface area contributed by atoms with Gasteiger partial charge in [0, 0.05) is 62.2 Å². The molecule has 1 amide bonds. The molecule has 0 radical (unpaired) electrons. The summed E-state index contributed by atoms with van der Waals surface area (Å²) in [5.41, 5.74) is 4.57. The molecule has 3 aromatic rings. The molecule has 0 bridgehead atoms. The van der Waals surface area contributed by atoms with Crippen LogP contribution in [0.15, 0.2) is 76.5 Å². The average Bonchev–Trinajstić information content (AvgIpc) is 2.94. The van der Waals surface area contributed by atoms with Crippen molar-refractivity contribution in [2.75, 3.05) is 55.6 Å². The first-order valence-corrected chi connectivity index (χ1v) is 14.8. The van der Waals surface area contributed by atoms with Crippen LogP contribution in [0.4, 0.5) is 11.4 Å². The van der Waals surface area contributed by atoms with Crippen molar-refractivity contribution in [3.63, 3.8) is 0 Å². The molecule has 0 aliphatic carbocycles. The third kappa shape index (κ3) is 5.39. The second kappa shape index (κ2) is 11.0. The number of halogens is 1. The van der Waals surface area contributed by atoms with Crippen LogP contribution in [0.1, 0.15) is 11.1 Å². The molecular weight excluding hydrogens is 520 g/mol. The van der Waals surface area contributed by atoms with Gasteiger partial charge in [-0.1, -0.05) is 23.7 Å². The van der Waals surface area contributed by atoms with Crippen LogP contribution in [0.25, 0.3) is 0 Å². The molecule has 7 nitrogen and oxygen atoms in total. The fourth-order valence-electron chi connectivity index (χ4n) is 5.24. The van der Waals surface area contributed by atoms with Crippen molar-refractivity contribution in [1.29, 1.82) is 0 Å². The van der Waals surface area contributed by atoms with Gasteiger partial charge in [-0.15, -0.1) is 0 Å². The van der Waals surface area contributed by atoms with E-state index < -0.39 is 9.84 Å². The molecule has 1 atom stereocenters. The molecule has 2 aliphatic heterocycles. The Morgan fingerprint density at radius 3 is 2.16 bits per heavy atom. The highest BCUT2D eigenvalue weighted by atomic mass is 35.5. The van der Waals surface area contributed by atoms with Crippen molar-refractivity contribution in [3.05, 3.63) is 82.9 Å². The Kier molecular flexibility index (Phi) is 7.66. The van der Waals surface area contributed by atoms with E-state index in [1.54, 1.807) is 36.4 Å². The van der Waals surface area contributed by atoms with E-state index in [1.807, 2.05) is 4.90 Å². The van der Waals surface area contributed by atoms with E-state index in [0.29, 0.717) is 31.2 Å². The van der Waals surface area contributed by atoms with Gasteiger partial charge in [-0.25, -0.2) is 8.42 Å². The van der Waals surface area contributed by atoms with E-state index in [4.69, 9.17) is 11.6 Å². The topological polar surface area (TPSA) is 73.0 Å². The zero-order chi connectivity index (χ0) is 26.9. The summed E-state index contributed by atoms with van der Waals surface area (Å²) in [6, 6.07) is 19.2. The van der Waals surface area contributed by atoms with Gasteiger partial charge < -0.3 is 20.0 Å². The van der Waals surface area contributed by atoms with E-state index in [9.17, 15) is 13.2 Å². The van der Waals surface area contributed by atoms with Crippen molar-refractivity contribution >= 4 is 38.7 Å². The highest BCUT2D eigenvalue weighted by molar-refractivity contribution is 7.91. The highest BCUT2D eigenvalue weighted by Gasteiger charge is 2.34. The van der Waals surface area contributed by atoms with Gasteiger partial charge in [-0.2, -0.15) is 0 Å². The summed E-state index contributed by atoms with van der Waals surface area (Å²) >= 11 is 5.92. The first kappa shape index (κ1) is 26.5. The highest BCUT2D eigenvalue weighted by Crippen LogP contribution is 2.27. The smallest absolute Gasteiger partial charge is 0.246 e. The maximum absolute atomic E-state index is 13.7. The van der Waals surface area contributed by atoms with Crippen LogP contribution in [-0.2, 0) is 14.6 Å². The molecule has 1 unspecified atom stereocenters. The normalized spacial score (nSPS) is 18.5. The second-order valence-electron chi connectivity index (χ2n) is 9.97. The zero-order valence-electron chi connectivity index (χ0n) is 21.7. The molecule has 0 saturated carbocycles. The Balaban J connectivity index is 1.29. The number of nitrogens with zero attached hydrogens (tertiary/aromatic N) is 3. The van der Waals surface area contributed by atoms with Gasteiger partial charge in [0.1, 0.15) is 6.04 Å². The molecule has 9 heteroatoms. The van der Waals surface area contributed by atoms with E-state index in [-0.39, 0.29) is 21.7 Å². The number of rotatable bonds is 5. The van der Waals surface area contributed by atoms with Gasteiger partial charge in [0.2, 0.25) is 15.7 Å². The quantitative estimate of drug-likeness (QED) is 0.517. The second-order valence-corrected chi connectivity index (χ2v) is 12.4. The first-order chi connectivity index (χ1) is 18.2. The lowest BCUT2D eigenvalue weighted by atomic mass is 10.1. The maximum Gasteiger partial charge on any atom is 0.246 e. The van der Waals surface area contributed by atoms with Crippen LogP contribution < -0.4 is 15.1 Å². The molecule has 0 spiro atoms. The fourth-order valence-corrected chi connectivity index (χ4v) is 6.63. The molecule has 2 heterocycles. The van der Waals surface area contributed by atoms with Crippen LogP contribution in [0.2, 0.25) is 5.02 Å².